The van der Waals surface area contributed by atoms with Gasteiger partial charge in [-0.1, -0.05) is 0 Å². The van der Waals surface area contributed by atoms with Gasteiger partial charge in [-0.05, 0) is 11.6 Å². The largest absolute Gasteiger partial charge is 0.464 e. The number of hydrogen-bond acceptors (Lipinski definition) is 4. The zero-order chi connectivity index (χ0) is 11.9. The fourth-order valence-corrected chi connectivity index (χ4v) is 1.89. The van der Waals surface area contributed by atoms with E-state index in [1.807, 2.05) is 18.5 Å². The molecular formula is C12H19N3O2. The van der Waals surface area contributed by atoms with E-state index in [1.165, 1.54) is 5.56 Å². The highest BCUT2D eigenvalue weighted by Gasteiger charge is 2.13. The quantitative estimate of drug-likeness (QED) is 0.708. The number of nitrogens with zero attached hydrogens (tertiary/aromatic N) is 1. The van der Waals surface area contributed by atoms with Gasteiger partial charge in [-0.25, -0.2) is 0 Å². The van der Waals surface area contributed by atoms with Gasteiger partial charge in [0.05, 0.1) is 13.2 Å². The van der Waals surface area contributed by atoms with Gasteiger partial charge in [0.25, 0.3) is 0 Å². The number of rotatable bonds is 5. The molecular weight excluding hydrogens is 218 g/mol. The molecule has 2 N–H and O–H groups in total. The van der Waals surface area contributed by atoms with Crippen LogP contribution in [0.1, 0.15) is 5.56 Å². The zero-order valence-electron chi connectivity index (χ0n) is 9.95. The third-order valence-electron chi connectivity index (χ3n) is 2.88. The van der Waals surface area contributed by atoms with Gasteiger partial charge in [-0.2, -0.15) is 0 Å². The van der Waals surface area contributed by atoms with Gasteiger partial charge >= 0.3 is 5.97 Å². The Morgan fingerprint density at radius 2 is 2.24 bits per heavy atom. The van der Waals surface area contributed by atoms with Crippen LogP contribution in [0.5, 0.6) is 0 Å². The monoisotopic (exact) mass is 237 g/mol. The molecule has 5 heteroatoms. The molecule has 1 fully saturated rings. The molecule has 2 heterocycles. The van der Waals surface area contributed by atoms with E-state index in [9.17, 15) is 4.79 Å². The van der Waals surface area contributed by atoms with Crippen molar-refractivity contribution in [1.29, 1.82) is 0 Å². The summed E-state index contributed by atoms with van der Waals surface area (Å²) < 4.78 is 5.20. The maximum atomic E-state index is 11.5. The average Bonchev–Trinajstić information content (AvgIpc) is 2.83. The number of aromatic nitrogens is 1. The molecule has 1 aromatic rings. The molecule has 0 aromatic carbocycles. The number of hydrogen-bond donors (Lipinski definition) is 2. The Morgan fingerprint density at radius 1 is 1.41 bits per heavy atom. The molecule has 1 aromatic heterocycles. The third-order valence-corrected chi connectivity index (χ3v) is 2.88. The lowest BCUT2D eigenvalue weighted by Crippen LogP contribution is -2.45. The highest BCUT2D eigenvalue weighted by molar-refractivity contribution is 5.71. The highest BCUT2D eigenvalue weighted by atomic mass is 16.5. The second-order valence-electron chi connectivity index (χ2n) is 4.22. The summed E-state index contributed by atoms with van der Waals surface area (Å²) in [7, 11) is 0. The number of H-pyrrole nitrogens is 1. The van der Waals surface area contributed by atoms with E-state index < -0.39 is 0 Å². The van der Waals surface area contributed by atoms with E-state index in [1.54, 1.807) is 0 Å². The Hall–Kier alpha value is -1.33. The Labute approximate surface area is 101 Å². The Morgan fingerprint density at radius 3 is 2.94 bits per heavy atom. The first-order chi connectivity index (χ1) is 8.34. The number of carbonyl (C=O) groups excluding carboxylic acids is 1. The van der Waals surface area contributed by atoms with Crippen molar-refractivity contribution in [2.45, 2.75) is 6.42 Å². The van der Waals surface area contributed by atoms with Crippen molar-refractivity contribution < 1.29 is 9.53 Å². The Kier molecular flexibility index (Phi) is 4.58. The van der Waals surface area contributed by atoms with Crippen molar-refractivity contribution in [3.8, 4) is 0 Å². The molecule has 0 spiro atoms. The fourth-order valence-electron chi connectivity index (χ4n) is 1.89. The molecule has 0 saturated carbocycles. The summed E-state index contributed by atoms with van der Waals surface area (Å²) in [6, 6.07) is 1.99. The molecule has 5 nitrogen and oxygen atoms in total. The van der Waals surface area contributed by atoms with Crippen LogP contribution < -0.4 is 5.32 Å². The first-order valence-corrected chi connectivity index (χ1v) is 6.05. The second-order valence-corrected chi connectivity index (χ2v) is 4.22. The summed E-state index contributed by atoms with van der Waals surface area (Å²) in [4.78, 5) is 16.6. The normalized spacial score (nSPS) is 16.9. The van der Waals surface area contributed by atoms with Crippen LogP contribution in [0.15, 0.2) is 18.5 Å². The second kappa shape index (κ2) is 6.42. The molecule has 2 rings (SSSR count). The lowest BCUT2D eigenvalue weighted by Gasteiger charge is -2.25. The standard InChI is InChI=1S/C12H19N3O2/c16-12(10-15-6-4-13-5-7-15)17-8-2-11-1-3-14-9-11/h1,3,9,13-14H,2,4-8,10H2. The van der Waals surface area contributed by atoms with Gasteiger partial charge in [0, 0.05) is 45.0 Å². The van der Waals surface area contributed by atoms with E-state index in [4.69, 9.17) is 4.74 Å². The lowest BCUT2D eigenvalue weighted by molar-refractivity contribution is -0.145. The molecule has 0 aliphatic carbocycles. The molecule has 0 amide bonds. The van der Waals surface area contributed by atoms with Crippen LogP contribution in [-0.2, 0) is 16.0 Å². The predicted octanol–water partition coefficient (Wildman–Crippen LogP) is 0.00560. The SMILES string of the molecule is O=C(CN1CCNCC1)OCCc1cc[nH]c1. The van der Waals surface area contributed by atoms with Gasteiger partial charge in [-0.3, -0.25) is 9.69 Å². The highest BCUT2D eigenvalue weighted by Crippen LogP contribution is 1.99. The smallest absolute Gasteiger partial charge is 0.320 e. The van der Waals surface area contributed by atoms with Crippen LogP contribution in [0.25, 0.3) is 0 Å². The predicted molar refractivity (Wildman–Crippen MR) is 64.8 cm³/mol. The Balaban J connectivity index is 1.60. The molecule has 1 aliphatic heterocycles. The van der Waals surface area contributed by atoms with Crippen LogP contribution in [0.2, 0.25) is 0 Å². The number of piperazine rings is 1. The molecule has 1 saturated heterocycles. The summed E-state index contributed by atoms with van der Waals surface area (Å²) in [5, 5.41) is 3.25. The molecule has 0 unspecified atom stereocenters. The van der Waals surface area contributed by atoms with E-state index in [0.717, 1.165) is 32.6 Å². The maximum absolute atomic E-state index is 11.5. The molecule has 0 atom stereocenters. The number of esters is 1. The summed E-state index contributed by atoms with van der Waals surface area (Å²) in [5.41, 5.74) is 1.17. The van der Waals surface area contributed by atoms with Gasteiger partial charge < -0.3 is 15.0 Å². The van der Waals surface area contributed by atoms with Gasteiger partial charge in [0.2, 0.25) is 0 Å². The zero-order valence-corrected chi connectivity index (χ0v) is 9.95. The minimum atomic E-state index is -0.123. The van der Waals surface area contributed by atoms with Crippen LogP contribution in [0.4, 0.5) is 0 Å². The summed E-state index contributed by atoms with van der Waals surface area (Å²) in [6.07, 6.45) is 4.57. The van der Waals surface area contributed by atoms with E-state index in [0.29, 0.717) is 13.2 Å². The van der Waals surface area contributed by atoms with Crippen LogP contribution in [-0.4, -0.2) is 55.2 Å². The van der Waals surface area contributed by atoms with Crippen molar-refractivity contribution in [3.63, 3.8) is 0 Å². The van der Waals surface area contributed by atoms with Crippen molar-refractivity contribution >= 4 is 5.97 Å². The molecule has 0 radical (unpaired) electrons. The first kappa shape index (κ1) is 12.1. The van der Waals surface area contributed by atoms with Crippen LogP contribution in [0, 0.1) is 0 Å². The first-order valence-electron chi connectivity index (χ1n) is 6.05. The number of carbonyl (C=O) groups is 1. The molecule has 0 bridgehead atoms. The van der Waals surface area contributed by atoms with Crippen LogP contribution in [0.3, 0.4) is 0 Å². The summed E-state index contributed by atoms with van der Waals surface area (Å²) >= 11 is 0. The van der Waals surface area contributed by atoms with Crippen molar-refractivity contribution in [3.05, 3.63) is 24.0 Å². The number of ether oxygens (including phenoxy) is 1. The molecule has 17 heavy (non-hydrogen) atoms. The van der Waals surface area contributed by atoms with Crippen molar-refractivity contribution in [2.24, 2.45) is 0 Å². The minimum absolute atomic E-state index is 0.123. The molecule has 1 aliphatic rings. The van der Waals surface area contributed by atoms with Crippen molar-refractivity contribution in [2.75, 3.05) is 39.3 Å². The third kappa shape index (κ3) is 4.20. The summed E-state index contributed by atoms with van der Waals surface area (Å²) in [6.45, 7) is 4.63. The van der Waals surface area contributed by atoms with E-state index in [-0.39, 0.29) is 5.97 Å². The van der Waals surface area contributed by atoms with Gasteiger partial charge in [0.15, 0.2) is 0 Å². The van der Waals surface area contributed by atoms with E-state index >= 15 is 0 Å². The number of aromatic amines is 1. The average molecular weight is 237 g/mol. The Bertz CT molecular complexity index is 332. The van der Waals surface area contributed by atoms with Crippen LogP contribution >= 0.6 is 0 Å². The van der Waals surface area contributed by atoms with E-state index in [2.05, 4.69) is 15.2 Å². The van der Waals surface area contributed by atoms with Gasteiger partial charge in [-0.15, -0.1) is 0 Å². The minimum Gasteiger partial charge on any atom is -0.464 e. The topological polar surface area (TPSA) is 57.4 Å². The molecule has 94 valence electrons. The number of nitrogens with one attached hydrogen (secondary N) is 2. The maximum Gasteiger partial charge on any atom is 0.320 e. The van der Waals surface area contributed by atoms with Gasteiger partial charge in [0.1, 0.15) is 0 Å². The summed E-state index contributed by atoms with van der Waals surface area (Å²) in [5.74, 6) is -0.123. The lowest BCUT2D eigenvalue weighted by atomic mass is 10.2. The van der Waals surface area contributed by atoms with Crippen molar-refractivity contribution in [1.82, 2.24) is 15.2 Å². The fraction of sp³-hybridized carbons (Fsp3) is 0.583.